The van der Waals surface area contributed by atoms with Crippen molar-refractivity contribution in [3.05, 3.63) is 45.6 Å². The molecule has 5 nitrogen and oxygen atoms in total. The topological polar surface area (TPSA) is 61.0 Å². The lowest BCUT2D eigenvalue weighted by Crippen LogP contribution is -2.05. The molecule has 0 N–H and O–H groups in total. The van der Waals surface area contributed by atoms with Crippen molar-refractivity contribution in [2.24, 2.45) is 0 Å². The summed E-state index contributed by atoms with van der Waals surface area (Å²) in [6.07, 6.45) is 0.798. The first-order valence-electron chi connectivity index (χ1n) is 6.04. The molecule has 6 heteroatoms. The van der Waals surface area contributed by atoms with E-state index in [1.54, 1.807) is 12.1 Å². The molecule has 2 aromatic rings. The van der Waals surface area contributed by atoms with Gasteiger partial charge in [0.15, 0.2) is 5.69 Å². The summed E-state index contributed by atoms with van der Waals surface area (Å²) in [5, 5.41) is 15.6. The predicted molar refractivity (Wildman–Crippen MR) is 74.3 cm³/mol. The van der Waals surface area contributed by atoms with Crippen molar-refractivity contribution < 1.29 is 4.92 Å². The third kappa shape index (κ3) is 2.46. The van der Waals surface area contributed by atoms with Gasteiger partial charge in [-0.2, -0.15) is 5.10 Å². The van der Waals surface area contributed by atoms with Crippen LogP contribution in [0.3, 0.4) is 0 Å². The van der Waals surface area contributed by atoms with E-state index in [1.165, 1.54) is 4.68 Å². The number of hydrogen-bond acceptors (Lipinski definition) is 3. The molecule has 19 heavy (non-hydrogen) atoms. The number of nitrogens with zero attached hydrogens (tertiary/aromatic N) is 3. The number of rotatable bonds is 4. The van der Waals surface area contributed by atoms with Crippen LogP contribution in [0.4, 0.5) is 5.69 Å². The molecular weight excluding hydrogens is 266 g/mol. The lowest BCUT2D eigenvalue weighted by molar-refractivity contribution is -0.384. The van der Waals surface area contributed by atoms with Crippen molar-refractivity contribution in [1.82, 2.24) is 9.78 Å². The van der Waals surface area contributed by atoms with Crippen molar-refractivity contribution in [3.63, 3.8) is 0 Å². The predicted octanol–water partition coefficient (Wildman–Crippen LogP) is 4.08. The molecule has 1 aromatic heterocycles. The second-order valence-electron chi connectivity index (χ2n) is 4.31. The number of hydrogen-bond donors (Lipinski definition) is 0. The fourth-order valence-electron chi connectivity index (χ4n) is 1.82. The summed E-state index contributed by atoms with van der Waals surface area (Å²) in [4.78, 5) is 10.7. The van der Waals surface area contributed by atoms with E-state index >= 15 is 0 Å². The summed E-state index contributed by atoms with van der Waals surface area (Å²) in [6.45, 7) is 3.91. The van der Waals surface area contributed by atoms with Crippen molar-refractivity contribution in [3.8, 4) is 11.3 Å². The third-order valence-electron chi connectivity index (χ3n) is 3.07. The number of aromatic nitrogens is 2. The fourth-order valence-corrected chi connectivity index (χ4v) is 2.19. The highest BCUT2D eigenvalue weighted by molar-refractivity contribution is 6.32. The molecular formula is C13H14ClN3O2. The first-order valence-corrected chi connectivity index (χ1v) is 6.41. The van der Waals surface area contributed by atoms with E-state index in [9.17, 15) is 10.1 Å². The van der Waals surface area contributed by atoms with Gasteiger partial charge in [-0.1, -0.05) is 48.9 Å². The second kappa shape index (κ2) is 5.40. The van der Waals surface area contributed by atoms with Crippen LogP contribution in [0, 0.1) is 10.1 Å². The molecule has 1 aromatic carbocycles. The van der Waals surface area contributed by atoms with E-state index in [2.05, 4.69) is 5.10 Å². The average Bonchev–Trinajstić information content (AvgIpc) is 2.76. The fraction of sp³-hybridized carbons (Fsp3) is 0.308. The Labute approximate surface area is 116 Å². The zero-order chi connectivity index (χ0) is 14.0. The minimum Gasteiger partial charge on any atom is -0.258 e. The van der Waals surface area contributed by atoms with Crippen molar-refractivity contribution in [2.45, 2.75) is 26.3 Å². The maximum absolute atomic E-state index is 11.2. The zero-order valence-electron chi connectivity index (χ0n) is 10.7. The highest BCUT2D eigenvalue weighted by Crippen LogP contribution is 2.37. The van der Waals surface area contributed by atoms with E-state index in [0.29, 0.717) is 11.3 Å². The zero-order valence-corrected chi connectivity index (χ0v) is 11.5. The van der Waals surface area contributed by atoms with Gasteiger partial charge in [-0.05, 0) is 13.3 Å². The van der Waals surface area contributed by atoms with E-state index in [1.807, 2.05) is 32.0 Å². The number of benzene rings is 1. The molecule has 0 aliphatic heterocycles. The monoisotopic (exact) mass is 279 g/mol. The molecule has 0 bridgehead atoms. The van der Waals surface area contributed by atoms with E-state index in [0.717, 1.165) is 6.42 Å². The van der Waals surface area contributed by atoms with Gasteiger partial charge in [0.25, 0.3) is 0 Å². The average molecular weight is 280 g/mol. The van der Waals surface area contributed by atoms with Gasteiger partial charge >= 0.3 is 5.69 Å². The highest BCUT2D eigenvalue weighted by atomic mass is 35.5. The molecule has 0 fully saturated rings. The van der Waals surface area contributed by atoms with E-state index in [-0.39, 0.29) is 16.9 Å². The summed E-state index contributed by atoms with van der Waals surface area (Å²) in [6, 6.07) is 9.07. The summed E-state index contributed by atoms with van der Waals surface area (Å²) < 4.78 is 1.52. The summed E-state index contributed by atoms with van der Waals surface area (Å²) in [5.41, 5.74) is 0.877. The van der Waals surface area contributed by atoms with Crippen LogP contribution in [0.1, 0.15) is 26.3 Å². The Kier molecular flexibility index (Phi) is 3.85. The molecule has 100 valence electrons. The van der Waals surface area contributed by atoms with Gasteiger partial charge in [0.1, 0.15) is 0 Å². The highest BCUT2D eigenvalue weighted by Gasteiger charge is 2.28. The van der Waals surface area contributed by atoms with Crippen LogP contribution in [0.5, 0.6) is 0 Å². The molecule has 2 rings (SSSR count). The van der Waals surface area contributed by atoms with Gasteiger partial charge in [-0.15, -0.1) is 0 Å². The van der Waals surface area contributed by atoms with Crippen molar-refractivity contribution in [2.75, 3.05) is 0 Å². The third-order valence-corrected chi connectivity index (χ3v) is 3.42. The van der Waals surface area contributed by atoms with Gasteiger partial charge in [-0.25, -0.2) is 4.68 Å². The maximum Gasteiger partial charge on any atom is 0.333 e. The molecule has 1 unspecified atom stereocenters. The van der Waals surface area contributed by atoms with Crippen LogP contribution in [0.15, 0.2) is 30.3 Å². The minimum absolute atomic E-state index is 0.0173. The summed E-state index contributed by atoms with van der Waals surface area (Å²) in [7, 11) is 0. The Morgan fingerprint density at radius 3 is 2.58 bits per heavy atom. The standard InChI is InChI=1S/C13H14ClN3O2/c1-3-9(2)16-13(14)12(17(18)19)11(15-16)10-7-5-4-6-8-10/h4-9H,3H2,1-2H3. The van der Waals surface area contributed by atoms with Crippen LogP contribution in [0.2, 0.25) is 5.15 Å². The quantitative estimate of drug-likeness (QED) is 0.626. The lowest BCUT2D eigenvalue weighted by atomic mass is 10.1. The summed E-state index contributed by atoms with van der Waals surface area (Å²) in [5.74, 6) is 0. The lowest BCUT2D eigenvalue weighted by Gasteiger charge is -2.08. The van der Waals surface area contributed by atoms with Crippen LogP contribution in [-0.4, -0.2) is 14.7 Å². The molecule has 0 aliphatic rings. The van der Waals surface area contributed by atoms with E-state index in [4.69, 9.17) is 11.6 Å². The van der Waals surface area contributed by atoms with Crippen LogP contribution in [0.25, 0.3) is 11.3 Å². The minimum atomic E-state index is -0.476. The Morgan fingerprint density at radius 1 is 1.42 bits per heavy atom. The van der Waals surface area contributed by atoms with Crippen LogP contribution < -0.4 is 0 Å². The second-order valence-corrected chi connectivity index (χ2v) is 4.67. The Balaban J connectivity index is 2.64. The number of halogens is 1. The molecule has 1 heterocycles. The van der Waals surface area contributed by atoms with Gasteiger partial charge < -0.3 is 0 Å². The largest absolute Gasteiger partial charge is 0.333 e. The van der Waals surface area contributed by atoms with Gasteiger partial charge in [0.2, 0.25) is 5.15 Å². The molecule has 0 amide bonds. The molecule has 0 saturated heterocycles. The SMILES string of the molecule is CCC(C)n1nc(-c2ccccc2)c([N+](=O)[O-])c1Cl. The first kappa shape index (κ1) is 13.5. The van der Waals surface area contributed by atoms with Crippen LogP contribution >= 0.6 is 11.6 Å². The Bertz CT molecular complexity index is 595. The first-order chi connectivity index (χ1) is 9.06. The molecule has 0 spiro atoms. The Morgan fingerprint density at radius 2 is 2.05 bits per heavy atom. The molecule has 0 radical (unpaired) electrons. The van der Waals surface area contributed by atoms with E-state index < -0.39 is 4.92 Å². The molecule has 0 saturated carbocycles. The summed E-state index contributed by atoms with van der Waals surface area (Å²) >= 11 is 6.11. The molecule has 1 atom stereocenters. The molecule has 0 aliphatic carbocycles. The number of nitro groups is 1. The Hall–Kier alpha value is -1.88. The van der Waals surface area contributed by atoms with Gasteiger partial charge in [-0.3, -0.25) is 10.1 Å². The van der Waals surface area contributed by atoms with Crippen LogP contribution in [-0.2, 0) is 0 Å². The maximum atomic E-state index is 11.2. The van der Waals surface area contributed by atoms with Crippen molar-refractivity contribution >= 4 is 17.3 Å². The van der Waals surface area contributed by atoms with Crippen molar-refractivity contribution in [1.29, 1.82) is 0 Å². The van der Waals surface area contributed by atoms with Gasteiger partial charge in [0, 0.05) is 5.56 Å². The normalized spacial score (nSPS) is 12.4. The van der Waals surface area contributed by atoms with Gasteiger partial charge in [0.05, 0.1) is 11.0 Å². The smallest absolute Gasteiger partial charge is 0.258 e.